The van der Waals surface area contributed by atoms with E-state index in [9.17, 15) is 19.1 Å². The summed E-state index contributed by atoms with van der Waals surface area (Å²) in [4.78, 5) is 26.2. The maximum atomic E-state index is 13.6. The van der Waals surface area contributed by atoms with Crippen molar-refractivity contribution >= 4 is 11.9 Å². The summed E-state index contributed by atoms with van der Waals surface area (Å²) in [5, 5.41) is 12.9. The summed E-state index contributed by atoms with van der Waals surface area (Å²) in [7, 11) is 1.54. The number of urea groups is 1. The van der Waals surface area contributed by atoms with Gasteiger partial charge in [0.25, 0.3) is 5.91 Å². The average Bonchev–Trinajstić information content (AvgIpc) is 2.93. The predicted molar refractivity (Wildman–Crippen MR) is 103 cm³/mol. The zero-order valence-electron chi connectivity index (χ0n) is 16.2. The number of hydrogen-bond donors (Lipinski definition) is 2. The number of rotatable bonds is 8. The molecule has 0 aliphatic carbocycles. The van der Waals surface area contributed by atoms with Gasteiger partial charge >= 0.3 is 6.03 Å². The third-order valence-electron chi connectivity index (χ3n) is 4.86. The van der Waals surface area contributed by atoms with Crippen LogP contribution in [-0.2, 0) is 21.7 Å². The second kappa shape index (κ2) is 8.59. The maximum absolute atomic E-state index is 13.6. The first-order chi connectivity index (χ1) is 13.8. The minimum atomic E-state index is -1.24. The van der Waals surface area contributed by atoms with Crippen molar-refractivity contribution in [1.82, 2.24) is 10.2 Å². The first-order valence-electron chi connectivity index (χ1n) is 9.13. The van der Waals surface area contributed by atoms with Crippen LogP contribution in [0.25, 0.3) is 0 Å². The van der Waals surface area contributed by atoms with Gasteiger partial charge in [-0.15, -0.1) is 0 Å². The molecule has 7 nitrogen and oxygen atoms in total. The molecule has 2 atom stereocenters. The Bertz CT molecular complexity index is 889. The lowest BCUT2D eigenvalue weighted by Crippen LogP contribution is -2.42. The number of carbonyl (C=O) groups is 2. The molecule has 3 amide bonds. The summed E-state index contributed by atoms with van der Waals surface area (Å²) in [5.74, 6) is -0.236. The van der Waals surface area contributed by atoms with Crippen molar-refractivity contribution < 1.29 is 28.6 Å². The number of benzene rings is 2. The van der Waals surface area contributed by atoms with Gasteiger partial charge in [-0.25, -0.2) is 9.18 Å². The Morgan fingerprint density at radius 2 is 1.86 bits per heavy atom. The normalized spacial score (nSPS) is 19.9. The number of carbonyl (C=O) groups excluding carboxylic acids is 2. The molecule has 1 aliphatic heterocycles. The third kappa shape index (κ3) is 4.38. The fraction of sp³-hybridized carbons (Fsp3) is 0.333. The van der Waals surface area contributed by atoms with Gasteiger partial charge in [0, 0.05) is 5.56 Å². The van der Waals surface area contributed by atoms with Crippen molar-refractivity contribution in [2.45, 2.75) is 25.2 Å². The maximum Gasteiger partial charge on any atom is 0.325 e. The number of methoxy groups -OCH3 is 1. The number of hydrogen-bond acceptors (Lipinski definition) is 5. The number of nitrogens with one attached hydrogen (secondary N) is 1. The van der Waals surface area contributed by atoms with Crippen molar-refractivity contribution in [3.05, 3.63) is 65.5 Å². The molecule has 2 N–H and O–H groups in total. The lowest BCUT2D eigenvalue weighted by molar-refractivity contribution is -0.132. The lowest BCUT2D eigenvalue weighted by Gasteiger charge is -2.23. The van der Waals surface area contributed by atoms with E-state index in [0.717, 1.165) is 4.90 Å². The fourth-order valence-electron chi connectivity index (χ4n) is 3.17. The topological polar surface area (TPSA) is 88.1 Å². The number of ether oxygens (including phenoxy) is 2. The smallest absolute Gasteiger partial charge is 0.325 e. The fourth-order valence-corrected chi connectivity index (χ4v) is 3.17. The van der Waals surface area contributed by atoms with Gasteiger partial charge in [0.1, 0.15) is 17.1 Å². The zero-order valence-corrected chi connectivity index (χ0v) is 16.2. The summed E-state index contributed by atoms with van der Waals surface area (Å²) >= 11 is 0. The first kappa shape index (κ1) is 20.8. The van der Waals surface area contributed by atoms with E-state index < -0.39 is 29.4 Å². The van der Waals surface area contributed by atoms with Crippen molar-refractivity contribution in [3.63, 3.8) is 0 Å². The first-order valence-corrected chi connectivity index (χ1v) is 9.13. The summed E-state index contributed by atoms with van der Waals surface area (Å²) < 4.78 is 24.0. The van der Waals surface area contributed by atoms with E-state index in [1.807, 2.05) is 0 Å². The predicted octanol–water partition coefficient (Wildman–Crippen LogP) is 2.18. The van der Waals surface area contributed by atoms with Gasteiger partial charge in [-0.1, -0.05) is 30.3 Å². The molecular formula is C21H23FN2O5. The summed E-state index contributed by atoms with van der Waals surface area (Å²) in [6.45, 7) is 1.21. The van der Waals surface area contributed by atoms with E-state index in [0.29, 0.717) is 16.9 Å². The molecule has 1 fully saturated rings. The van der Waals surface area contributed by atoms with Crippen LogP contribution in [0.2, 0.25) is 0 Å². The molecule has 1 aliphatic rings. The average molecular weight is 402 g/mol. The van der Waals surface area contributed by atoms with Gasteiger partial charge in [0.2, 0.25) is 0 Å². The van der Waals surface area contributed by atoms with Crippen LogP contribution in [0, 0.1) is 5.82 Å². The number of amides is 3. The van der Waals surface area contributed by atoms with E-state index in [2.05, 4.69) is 5.32 Å². The Morgan fingerprint density at radius 3 is 2.52 bits per heavy atom. The quantitative estimate of drug-likeness (QED) is 0.661. The largest absolute Gasteiger partial charge is 0.497 e. The lowest BCUT2D eigenvalue weighted by atomic mass is 9.92. The summed E-state index contributed by atoms with van der Waals surface area (Å²) in [5.41, 5.74) is -0.275. The van der Waals surface area contributed by atoms with Gasteiger partial charge in [-0.2, -0.15) is 0 Å². The van der Waals surface area contributed by atoms with Crippen LogP contribution >= 0.6 is 0 Å². The molecule has 154 valence electrons. The van der Waals surface area contributed by atoms with Gasteiger partial charge in [0.05, 0.1) is 33.0 Å². The van der Waals surface area contributed by atoms with Crippen molar-refractivity contribution in [2.75, 3.05) is 20.3 Å². The van der Waals surface area contributed by atoms with E-state index in [-0.39, 0.29) is 19.8 Å². The molecule has 0 unspecified atom stereocenters. The zero-order chi connectivity index (χ0) is 21.0. The van der Waals surface area contributed by atoms with Crippen LogP contribution in [-0.4, -0.2) is 48.3 Å². The van der Waals surface area contributed by atoms with Gasteiger partial charge in [-0.05, 0) is 30.7 Å². The molecule has 2 aromatic rings. The van der Waals surface area contributed by atoms with Crippen LogP contribution < -0.4 is 10.1 Å². The molecule has 0 spiro atoms. The Kier molecular flexibility index (Phi) is 6.14. The standard InChI is InChI=1S/C21H23FN2O5/c1-21(15-7-9-17(28-2)10-8-15)19(26)24(20(27)23-21)11-16(25)13-29-12-14-5-3-4-6-18(14)22/h3-10,16,25H,11-13H2,1-2H3,(H,23,27)/t16-,21+/m0/s1. The summed E-state index contributed by atoms with van der Waals surface area (Å²) in [6, 6.07) is 12.4. The van der Waals surface area contributed by atoms with Crippen LogP contribution in [0.3, 0.4) is 0 Å². The molecule has 29 heavy (non-hydrogen) atoms. The Balaban J connectivity index is 1.59. The monoisotopic (exact) mass is 402 g/mol. The van der Waals surface area contributed by atoms with Crippen molar-refractivity contribution in [2.24, 2.45) is 0 Å². The SMILES string of the molecule is COc1ccc([C@@]2(C)NC(=O)N(C[C@H](O)COCc3ccccc3F)C2=O)cc1. The van der Waals surface area contributed by atoms with E-state index in [1.54, 1.807) is 49.4 Å². The molecule has 0 bridgehead atoms. The van der Waals surface area contributed by atoms with Crippen LogP contribution in [0.4, 0.5) is 9.18 Å². The Morgan fingerprint density at radius 1 is 1.17 bits per heavy atom. The minimum Gasteiger partial charge on any atom is -0.497 e. The van der Waals surface area contributed by atoms with Crippen molar-refractivity contribution in [1.29, 1.82) is 0 Å². The van der Waals surface area contributed by atoms with Crippen LogP contribution in [0.1, 0.15) is 18.1 Å². The number of aliphatic hydroxyl groups is 1. The number of imide groups is 1. The Hall–Kier alpha value is -2.97. The highest BCUT2D eigenvalue weighted by Crippen LogP contribution is 2.30. The minimum absolute atomic E-state index is 0.0204. The highest BCUT2D eigenvalue weighted by molar-refractivity contribution is 6.07. The molecule has 0 saturated carbocycles. The molecule has 3 rings (SSSR count). The molecule has 0 radical (unpaired) electrons. The van der Waals surface area contributed by atoms with E-state index in [4.69, 9.17) is 9.47 Å². The van der Waals surface area contributed by atoms with Gasteiger partial charge in [0.15, 0.2) is 0 Å². The molecule has 1 saturated heterocycles. The number of halogens is 1. The Labute approximate surface area is 168 Å². The second-order valence-electron chi connectivity index (χ2n) is 6.96. The summed E-state index contributed by atoms with van der Waals surface area (Å²) in [6.07, 6.45) is -1.10. The van der Waals surface area contributed by atoms with Crippen LogP contribution in [0.15, 0.2) is 48.5 Å². The number of aliphatic hydroxyl groups excluding tert-OH is 1. The van der Waals surface area contributed by atoms with Crippen LogP contribution in [0.5, 0.6) is 5.75 Å². The molecular weight excluding hydrogens is 379 g/mol. The van der Waals surface area contributed by atoms with E-state index >= 15 is 0 Å². The third-order valence-corrected chi connectivity index (χ3v) is 4.86. The van der Waals surface area contributed by atoms with E-state index in [1.165, 1.54) is 13.2 Å². The molecule has 2 aromatic carbocycles. The highest BCUT2D eigenvalue weighted by atomic mass is 19.1. The van der Waals surface area contributed by atoms with Gasteiger partial charge in [-0.3, -0.25) is 9.69 Å². The molecule has 8 heteroatoms. The van der Waals surface area contributed by atoms with Crippen molar-refractivity contribution in [3.8, 4) is 5.75 Å². The second-order valence-corrected chi connectivity index (χ2v) is 6.96. The number of β-amino-alcohol motifs (C(OH)–C–C–N with tert-alkyl or cyclic N) is 1. The highest BCUT2D eigenvalue weighted by Gasteiger charge is 2.49. The van der Waals surface area contributed by atoms with Gasteiger partial charge < -0.3 is 19.9 Å². The molecule has 0 aromatic heterocycles. The molecule has 1 heterocycles. The number of nitrogens with zero attached hydrogens (tertiary/aromatic N) is 1.